The van der Waals surface area contributed by atoms with Crippen molar-refractivity contribution in [2.24, 2.45) is 11.3 Å². The average molecular weight is 252 g/mol. The molecule has 0 radical (unpaired) electrons. The van der Waals surface area contributed by atoms with Crippen LogP contribution < -0.4 is 5.32 Å². The summed E-state index contributed by atoms with van der Waals surface area (Å²) in [6.07, 6.45) is 11.6. The van der Waals surface area contributed by atoms with Gasteiger partial charge in [-0.15, -0.1) is 0 Å². The van der Waals surface area contributed by atoms with Crippen LogP contribution >= 0.6 is 0 Å². The lowest BCUT2D eigenvalue weighted by atomic mass is 9.79. The van der Waals surface area contributed by atoms with Gasteiger partial charge in [-0.2, -0.15) is 0 Å². The Labute approximate surface area is 114 Å². The maximum atomic E-state index is 3.48. The number of hydrogen-bond donors (Lipinski definition) is 1. The molecule has 2 nitrogen and oxygen atoms in total. The molecule has 1 aliphatic carbocycles. The number of piperidine rings is 1. The fourth-order valence-corrected chi connectivity index (χ4v) is 4.15. The second kappa shape index (κ2) is 6.91. The van der Waals surface area contributed by atoms with E-state index in [2.05, 4.69) is 24.2 Å². The van der Waals surface area contributed by atoms with Crippen molar-refractivity contribution < 1.29 is 0 Å². The van der Waals surface area contributed by atoms with Crippen LogP contribution in [0.15, 0.2) is 0 Å². The average Bonchev–Trinajstić information content (AvgIpc) is 2.55. The molecule has 0 aromatic heterocycles. The van der Waals surface area contributed by atoms with Crippen LogP contribution in [0.1, 0.15) is 58.3 Å². The SMILES string of the molecule is CNCC1(CN2CCCC(C)C2)CCCCCC1. The van der Waals surface area contributed by atoms with E-state index in [9.17, 15) is 0 Å². The van der Waals surface area contributed by atoms with E-state index in [-0.39, 0.29) is 0 Å². The minimum absolute atomic E-state index is 0.572. The third-order valence-corrected chi connectivity index (χ3v) is 5.02. The summed E-state index contributed by atoms with van der Waals surface area (Å²) in [5, 5.41) is 3.48. The van der Waals surface area contributed by atoms with Gasteiger partial charge >= 0.3 is 0 Å². The van der Waals surface area contributed by atoms with Gasteiger partial charge in [-0.3, -0.25) is 0 Å². The van der Waals surface area contributed by atoms with Crippen LogP contribution in [0.2, 0.25) is 0 Å². The minimum Gasteiger partial charge on any atom is -0.319 e. The Morgan fingerprint density at radius 2 is 1.83 bits per heavy atom. The fourth-order valence-electron chi connectivity index (χ4n) is 4.15. The van der Waals surface area contributed by atoms with Crippen LogP contribution in [-0.2, 0) is 0 Å². The molecule has 1 saturated carbocycles. The van der Waals surface area contributed by atoms with Crippen molar-refractivity contribution in [2.75, 3.05) is 33.2 Å². The highest BCUT2D eigenvalue weighted by atomic mass is 15.1. The first kappa shape index (κ1) is 14.3. The molecule has 0 aromatic rings. The molecule has 2 aliphatic rings. The third kappa shape index (κ3) is 3.96. The van der Waals surface area contributed by atoms with Crippen molar-refractivity contribution in [1.82, 2.24) is 10.2 Å². The number of nitrogens with zero attached hydrogens (tertiary/aromatic N) is 1. The van der Waals surface area contributed by atoms with E-state index in [1.807, 2.05) is 0 Å². The summed E-state index contributed by atoms with van der Waals surface area (Å²) < 4.78 is 0. The predicted octanol–water partition coefficient (Wildman–Crippen LogP) is 3.28. The van der Waals surface area contributed by atoms with Crippen LogP contribution in [0.5, 0.6) is 0 Å². The Hall–Kier alpha value is -0.0800. The van der Waals surface area contributed by atoms with E-state index in [1.165, 1.54) is 77.5 Å². The van der Waals surface area contributed by atoms with E-state index < -0.39 is 0 Å². The first-order valence-corrected chi connectivity index (χ1v) is 8.11. The van der Waals surface area contributed by atoms with Gasteiger partial charge in [0.05, 0.1) is 0 Å². The topological polar surface area (TPSA) is 15.3 Å². The molecule has 18 heavy (non-hydrogen) atoms. The number of rotatable bonds is 4. The fraction of sp³-hybridized carbons (Fsp3) is 1.00. The highest BCUT2D eigenvalue weighted by Gasteiger charge is 2.33. The molecule has 0 amide bonds. The van der Waals surface area contributed by atoms with Crippen molar-refractivity contribution in [3.8, 4) is 0 Å². The monoisotopic (exact) mass is 252 g/mol. The van der Waals surface area contributed by atoms with E-state index in [4.69, 9.17) is 0 Å². The second-order valence-electron chi connectivity index (χ2n) is 6.93. The molecule has 2 fully saturated rings. The summed E-state index contributed by atoms with van der Waals surface area (Å²) in [5.41, 5.74) is 0.572. The highest BCUT2D eigenvalue weighted by Crippen LogP contribution is 2.36. The van der Waals surface area contributed by atoms with Gasteiger partial charge in [0.1, 0.15) is 0 Å². The Bertz CT molecular complexity index is 231. The minimum atomic E-state index is 0.572. The van der Waals surface area contributed by atoms with Gasteiger partial charge in [0, 0.05) is 19.6 Å². The molecule has 1 atom stereocenters. The lowest BCUT2D eigenvalue weighted by Gasteiger charge is -2.41. The van der Waals surface area contributed by atoms with E-state index in [1.54, 1.807) is 0 Å². The van der Waals surface area contributed by atoms with Crippen molar-refractivity contribution in [1.29, 1.82) is 0 Å². The summed E-state index contributed by atoms with van der Waals surface area (Å²) in [6.45, 7) is 7.67. The smallest absolute Gasteiger partial charge is 0.00502 e. The third-order valence-electron chi connectivity index (χ3n) is 5.02. The van der Waals surface area contributed by atoms with Crippen molar-refractivity contribution >= 4 is 0 Å². The van der Waals surface area contributed by atoms with Crippen molar-refractivity contribution in [3.05, 3.63) is 0 Å². The second-order valence-corrected chi connectivity index (χ2v) is 6.93. The highest BCUT2D eigenvalue weighted by molar-refractivity contribution is 4.87. The molecule has 1 aliphatic heterocycles. The maximum absolute atomic E-state index is 3.48. The summed E-state index contributed by atoms with van der Waals surface area (Å²) >= 11 is 0. The molecule has 1 N–H and O–H groups in total. The van der Waals surface area contributed by atoms with E-state index in [0.29, 0.717) is 5.41 Å². The summed E-state index contributed by atoms with van der Waals surface area (Å²) in [4.78, 5) is 2.76. The van der Waals surface area contributed by atoms with Gasteiger partial charge < -0.3 is 10.2 Å². The molecule has 0 spiro atoms. The van der Waals surface area contributed by atoms with Gasteiger partial charge in [-0.25, -0.2) is 0 Å². The number of nitrogens with one attached hydrogen (secondary N) is 1. The zero-order chi connectivity index (χ0) is 12.8. The molecule has 2 heteroatoms. The molecule has 1 saturated heterocycles. The van der Waals surface area contributed by atoms with E-state index in [0.717, 1.165) is 5.92 Å². The maximum Gasteiger partial charge on any atom is 0.00502 e. The van der Waals surface area contributed by atoms with E-state index >= 15 is 0 Å². The number of likely N-dealkylation sites (tertiary alicyclic amines) is 1. The summed E-state index contributed by atoms with van der Waals surface area (Å²) in [7, 11) is 2.13. The molecular weight excluding hydrogens is 220 g/mol. The molecule has 0 aromatic carbocycles. The zero-order valence-electron chi connectivity index (χ0n) is 12.5. The number of hydrogen-bond acceptors (Lipinski definition) is 2. The molecule has 1 heterocycles. The van der Waals surface area contributed by atoms with Crippen LogP contribution in [0.25, 0.3) is 0 Å². The Morgan fingerprint density at radius 3 is 2.44 bits per heavy atom. The van der Waals surface area contributed by atoms with Gasteiger partial charge in [0.15, 0.2) is 0 Å². The Kier molecular flexibility index (Phi) is 5.50. The Morgan fingerprint density at radius 1 is 1.11 bits per heavy atom. The van der Waals surface area contributed by atoms with Gasteiger partial charge in [-0.1, -0.05) is 32.6 Å². The van der Waals surface area contributed by atoms with Crippen molar-refractivity contribution in [3.63, 3.8) is 0 Å². The van der Waals surface area contributed by atoms with Crippen molar-refractivity contribution in [2.45, 2.75) is 58.3 Å². The van der Waals surface area contributed by atoms with Crippen LogP contribution in [0, 0.1) is 11.3 Å². The molecule has 0 bridgehead atoms. The van der Waals surface area contributed by atoms with Gasteiger partial charge in [0.25, 0.3) is 0 Å². The predicted molar refractivity (Wildman–Crippen MR) is 78.9 cm³/mol. The lowest BCUT2D eigenvalue weighted by molar-refractivity contribution is 0.0942. The Balaban J connectivity index is 1.95. The zero-order valence-corrected chi connectivity index (χ0v) is 12.5. The van der Waals surface area contributed by atoms with Gasteiger partial charge in [0.2, 0.25) is 0 Å². The lowest BCUT2D eigenvalue weighted by Crippen LogP contribution is -2.46. The molecule has 2 rings (SSSR count). The van der Waals surface area contributed by atoms with Crippen LogP contribution in [0.3, 0.4) is 0 Å². The summed E-state index contributed by atoms with van der Waals surface area (Å²) in [6, 6.07) is 0. The first-order valence-electron chi connectivity index (χ1n) is 8.11. The quantitative estimate of drug-likeness (QED) is 0.773. The van der Waals surface area contributed by atoms with Crippen LogP contribution in [-0.4, -0.2) is 38.1 Å². The standard InChI is InChI=1S/C16H32N2/c1-15-8-7-11-18(12-15)14-16(13-17-2)9-5-3-4-6-10-16/h15,17H,3-14H2,1-2H3. The molecule has 1 unspecified atom stereocenters. The van der Waals surface area contributed by atoms with Gasteiger partial charge in [-0.05, 0) is 50.6 Å². The largest absolute Gasteiger partial charge is 0.319 e. The molecule has 106 valence electrons. The summed E-state index contributed by atoms with van der Waals surface area (Å²) in [5.74, 6) is 0.913. The first-order chi connectivity index (χ1) is 8.74. The normalized spacial score (nSPS) is 30.0. The van der Waals surface area contributed by atoms with Crippen LogP contribution in [0.4, 0.5) is 0 Å². The molecular formula is C16H32N2.